The summed E-state index contributed by atoms with van der Waals surface area (Å²) in [6, 6.07) is 7.30. The summed E-state index contributed by atoms with van der Waals surface area (Å²) in [6.07, 6.45) is 3.86. The molecule has 0 bridgehead atoms. The number of amides is 2. The van der Waals surface area contributed by atoms with E-state index in [9.17, 15) is 9.59 Å². The van der Waals surface area contributed by atoms with E-state index in [1.165, 1.54) is 19.3 Å². The minimum absolute atomic E-state index is 0. The van der Waals surface area contributed by atoms with Gasteiger partial charge in [-0.05, 0) is 36.5 Å². The van der Waals surface area contributed by atoms with Gasteiger partial charge >= 0.3 is 0 Å². The topological polar surface area (TPSA) is 99.8 Å². The Morgan fingerprint density at radius 2 is 2.04 bits per heavy atom. The standard InChI is InChI=1S/C18H25N5O2.HI/c19-18(21-10-13-2-1-3-13)22-11-14-4-6-15(7-5-14)17(25)23-9-8-20-16(24)12-23;/h4-7,13H,1-3,8-12H2,(H,20,24)(H3,19,21,22);1H. The zero-order valence-electron chi connectivity index (χ0n) is 14.7. The SMILES string of the molecule is I.NC(=NCc1ccc(C(=O)N2CCNC(=O)C2)cc1)NCC1CCC1. The van der Waals surface area contributed by atoms with Gasteiger partial charge in [0.05, 0.1) is 13.1 Å². The van der Waals surface area contributed by atoms with Crippen LogP contribution in [0.1, 0.15) is 35.2 Å². The third-order valence-electron chi connectivity index (χ3n) is 4.76. The molecule has 2 aliphatic rings. The predicted octanol–water partition coefficient (Wildman–Crippen LogP) is 1.08. The van der Waals surface area contributed by atoms with Crippen molar-refractivity contribution >= 4 is 41.8 Å². The van der Waals surface area contributed by atoms with E-state index in [0.29, 0.717) is 31.2 Å². The second kappa shape index (κ2) is 9.75. The van der Waals surface area contributed by atoms with Gasteiger partial charge in [-0.15, -0.1) is 24.0 Å². The molecule has 1 aromatic rings. The molecule has 1 saturated carbocycles. The molecule has 8 heteroatoms. The second-order valence-corrected chi connectivity index (χ2v) is 6.65. The summed E-state index contributed by atoms with van der Waals surface area (Å²) < 4.78 is 0. The van der Waals surface area contributed by atoms with Crippen molar-refractivity contribution in [2.24, 2.45) is 16.6 Å². The minimum atomic E-state index is -0.119. The number of nitrogens with zero attached hydrogens (tertiary/aromatic N) is 2. The largest absolute Gasteiger partial charge is 0.370 e. The summed E-state index contributed by atoms with van der Waals surface area (Å²) in [5.74, 6) is 0.962. The van der Waals surface area contributed by atoms with E-state index < -0.39 is 0 Å². The van der Waals surface area contributed by atoms with Crippen molar-refractivity contribution in [3.8, 4) is 0 Å². The van der Waals surface area contributed by atoms with Crippen LogP contribution >= 0.6 is 24.0 Å². The fraction of sp³-hybridized carbons (Fsp3) is 0.500. The molecule has 0 radical (unpaired) electrons. The molecular formula is C18H26IN5O2. The normalized spacial score (nSPS) is 17.8. The first-order chi connectivity index (χ1) is 12.1. The van der Waals surface area contributed by atoms with Crippen molar-refractivity contribution in [2.75, 3.05) is 26.2 Å². The lowest BCUT2D eigenvalue weighted by Crippen LogP contribution is -2.49. The highest BCUT2D eigenvalue weighted by Crippen LogP contribution is 2.24. The van der Waals surface area contributed by atoms with Gasteiger partial charge in [0.2, 0.25) is 5.91 Å². The molecule has 1 aliphatic heterocycles. The number of hydrogen-bond donors (Lipinski definition) is 3. The highest BCUT2D eigenvalue weighted by Gasteiger charge is 2.22. The fourth-order valence-corrected chi connectivity index (χ4v) is 2.93. The maximum absolute atomic E-state index is 12.4. The number of benzene rings is 1. The van der Waals surface area contributed by atoms with Crippen molar-refractivity contribution < 1.29 is 9.59 Å². The lowest BCUT2D eigenvalue weighted by Gasteiger charge is -2.26. The Morgan fingerprint density at radius 3 is 2.65 bits per heavy atom. The maximum Gasteiger partial charge on any atom is 0.254 e. The van der Waals surface area contributed by atoms with Gasteiger partial charge in [0, 0.05) is 25.2 Å². The van der Waals surface area contributed by atoms with Gasteiger partial charge < -0.3 is 21.3 Å². The van der Waals surface area contributed by atoms with Crippen LogP contribution < -0.4 is 16.4 Å². The number of rotatable bonds is 5. The Hall–Kier alpha value is -1.84. The lowest BCUT2D eigenvalue weighted by atomic mass is 9.85. The molecule has 1 heterocycles. The molecule has 142 valence electrons. The average molecular weight is 471 g/mol. The molecule has 1 aromatic carbocycles. The van der Waals surface area contributed by atoms with Crippen LogP contribution in [0.15, 0.2) is 29.3 Å². The Kier molecular flexibility index (Phi) is 7.67. The van der Waals surface area contributed by atoms with Gasteiger partial charge in [-0.1, -0.05) is 18.6 Å². The zero-order chi connectivity index (χ0) is 17.6. The average Bonchev–Trinajstić information content (AvgIpc) is 2.58. The smallest absolute Gasteiger partial charge is 0.254 e. The number of aliphatic imine (C=N–C) groups is 1. The van der Waals surface area contributed by atoms with E-state index in [-0.39, 0.29) is 42.3 Å². The molecule has 26 heavy (non-hydrogen) atoms. The molecule has 0 spiro atoms. The molecule has 1 saturated heterocycles. The molecule has 0 aromatic heterocycles. The monoisotopic (exact) mass is 471 g/mol. The zero-order valence-corrected chi connectivity index (χ0v) is 17.1. The van der Waals surface area contributed by atoms with E-state index in [0.717, 1.165) is 18.0 Å². The van der Waals surface area contributed by atoms with E-state index in [1.54, 1.807) is 17.0 Å². The van der Waals surface area contributed by atoms with Gasteiger partial charge in [0.1, 0.15) is 0 Å². The molecule has 0 atom stereocenters. The van der Waals surface area contributed by atoms with Crippen LogP contribution in [0.4, 0.5) is 0 Å². The van der Waals surface area contributed by atoms with Gasteiger partial charge in [-0.3, -0.25) is 9.59 Å². The summed E-state index contributed by atoms with van der Waals surface area (Å²) in [5.41, 5.74) is 7.45. The van der Waals surface area contributed by atoms with E-state index >= 15 is 0 Å². The van der Waals surface area contributed by atoms with E-state index in [4.69, 9.17) is 5.73 Å². The number of piperazine rings is 1. The number of nitrogens with one attached hydrogen (secondary N) is 2. The Morgan fingerprint density at radius 1 is 1.31 bits per heavy atom. The van der Waals surface area contributed by atoms with Crippen LogP contribution in [-0.2, 0) is 11.3 Å². The Bertz CT molecular complexity index is 658. The summed E-state index contributed by atoms with van der Waals surface area (Å²) >= 11 is 0. The van der Waals surface area contributed by atoms with E-state index in [1.807, 2.05) is 12.1 Å². The first-order valence-corrected chi connectivity index (χ1v) is 8.80. The number of carbonyl (C=O) groups is 2. The minimum Gasteiger partial charge on any atom is -0.370 e. The molecular weight excluding hydrogens is 445 g/mol. The summed E-state index contributed by atoms with van der Waals surface area (Å²) in [6.45, 7) is 2.54. The quantitative estimate of drug-likeness (QED) is 0.340. The van der Waals surface area contributed by atoms with Gasteiger partial charge in [0.25, 0.3) is 5.91 Å². The van der Waals surface area contributed by atoms with Crippen LogP contribution in [0.25, 0.3) is 0 Å². The van der Waals surface area contributed by atoms with Gasteiger partial charge in [0.15, 0.2) is 5.96 Å². The third kappa shape index (κ3) is 5.58. The molecule has 7 nitrogen and oxygen atoms in total. The molecule has 3 rings (SSSR count). The number of nitrogens with two attached hydrogens (primary N) is 1. The number of halogens is 1. The molecule has 0 unspecified atom stereocenters. The summed E-state index contributed by atoms with van der Waals surface area (Å²) in [5, 5.41) is 5.87. The predicted molar refractivity (Wildman–Crippen MR) is 111 cm³/mol. The van der Waals surface area contributed by atoms with Crippen molar-refractivity contribution in [1.29, 1.82) is 0 Å². The maximum atomic E-state index is 12.4. The van der Waals surface area contributed by atoms with Crippen LogP contribution in [0, 0.1) is 5.92 Å². The van der Waals surface area contributed by atoms with Crippen LogP contribution in [0.5, 0.6) is 0 Å². The number of hydrogen-bond acceptors (Lipinski definition) is 3. The summed E-state index contributed by atoms with van der Waals surface area (Å²) in [4.78, 5) is 29.7. The lowest BCUT2D eigenvalue weighted by molar-refractivity contribution is -0.123. The molecule has 2 fully saturated rings. The van der Waals surface area contributed by atoms with Gasteiger partial charge in [-0.25, -0.2) is 4.99 Å². The first kappa shape index (κ1) is 20.5. The fourth-order valence-electron chi connectivity index (χ4n) is 2.93. The van der Waals surface area contributed by atoms with Crippen molar-refractivity contribution in [3.05, 3.63) is 35.4 Å². The third-order valence-corrected chi connectivity index (χ3v) is 4.76. The van der Waals surface area contributed by atoms with Crippen LogP contribution in [0.2, 0.25) is 0 Å². The van der Waals surface area contributed by atoms with Crippen LogP contribution in [0.3, 0.4) is 0 Å². The van der Waals surface area contributed by atoms with Crippen LogP contribution in [-0.4, -0.2) is 48.9 Å². The molecule has 1 aliphatic carbocycles. The van der Waals surface area contributed by atoms with Crippen molar-refractivity contribution in [3.63, 3.8) is 0 Å². The molecule has 4 N–H and O–H groups in total. The highest BCUT2D eigenvalue weighted by atomic mass is 127. The number of carbonyl (C=O) groups excluding carboxylic acids is 2. The Labute approximate surface area is 170 Å². The van der Waals surface area contributed by atoms with Gasteiger partial charge in [-0.2, -0.15) is 0 Å². The van der Waals surface area contributed by atoms with Crippen molar-refractivity contribution in [2.45, 2.75) is 25.8 Å². The number of guanidine groups is 1. The highest BCUT2D eigenvalue weighted by molar-refractivity contribution is 14.0. The molecule has 2 amide bonds. The van der Waals surface area contributed by atoms with Crippen molar-refractivity contribution in [1.82, 2.24) is 15.5 Å². The summed E-state index contributed by atoms with van der Waals surface area (Å²) in [7, 11) is 0. The second-order valence-electron chi connectivity index (χ2n) is 6.65. The van der Waals surface area contributed by atoms with E-state index in [2.05, 4.69) is 15.6 Å². The first-order valence-electron chi connectivity index (χ1n) is 8.80. The Balaban J connectivity index is 0.00000243.